The number of fused-ring (bicyclic) bond motifs is 1. The molecule has 0 saturated carbocycles. The number of hydrogen-bond donors (Lipinski definition) is 1. The maximum absolute atomic E-state index is 6.46. The van der Waals surface area contributed by atoms with Crippen LogP contribution in [0.1, 0.15) is 25.3 Å². The summed E-state index contributed by atoms with van der Waals surface area (Å²) in [4.78, 5) is 9.42. The van der Waals surface area contributed by atoms with E-state index in [2.05, 4.69) is 61.0 Å². The van der Waals surface area contributed by atoms with Crippen molar-refractivity contribution in [2.75, 3.05) is 63.2 Å². The van der Waals surface area contributed by atoms with E-state index in [0.29, 0.717) is 17.9 Å². The number of hydrogen-bond acceptors (Lipinski definition) is 8. The predicted octanol–water partition coefficient (Wildman–Crippen LogP) is 3.10. The van der Waals surface area contributed by atoms with Crippen molar-refractivity contribution in [1.29, 1.82) is 0 Å². The van der Waals surface area contributed by atoms with Gasteiger partial charge in [0.2, 0.25) is 0 Å². The molecule has 3 saturated heterocycles. The number of morpholine rings is 1. The first-order valence-electron chi connectivity index (χ1n) is 13.7. The van der Waals surface area contributed by atoms with E-state index >= 15 is 0 Å². The number of aromatic nitrogens is 5. The average Bonchev–Trinajstić information content (AvgIpc) is 3.73. The van der Waals surface area contributed by atoms with Crippen LogP contribution in [0.3, 0.4) is 0 Å². The minimum Gasteiger partial charge on any atom is -0.382 e. The molecule has 38 heavy (non-hydrogen) atoms. The Morgan fingerprint density at radius 1 is 0.842 bits per heavy atom. The first-order chi connectivity index (χ1) is 18.8. The molecule has 1 unspecified atom stereocenters. The zero-order valence-corrected chi connectivity index (χ0v) is 21.6. The van der Waals surface area contributed by atoms with Gasteiger partial charge in [-0.1, -0.05) is 12.1 Å². The highest BCUT2D eigenvalue weighted by molar-refractivity contribution is 5.91. The Labute approximate surface area is 221 Å². The molecule has 10 nitrogen and oxygen atoms in total. The fourth-order valence-corrected chi connectivity index (χ4v) is 6.30. The van der Waals surface area contributed by atoms with Crippen LogP contribution in [-0.4, -0.2) is 87.9 Å². The van der Waals surface area contributed by atoms with Crippen molar-refractivity contribution in [3.05, 3.63) is 48.9 Å². The van der Waals surface area contributed by atoms with Crippen LogP contribution in [0.4, 0.5) is 11.5 Å². The van der Waals surface area contributed by atoms with Gasteiger partial charge in [-0.05, 0) is 43.5 Å². The van der Waals surface area contributed by atoms with Crippen molar-refractivity contribution >= 4 is 17.0 Å². The lowest BCUT2D eigenvalue weighted by atomic mass is 10.1. The molecule has 3 aliphatic heterocycles. The number of anilines is 2. The molecule has 3 aromatic heterocycles. The highest BCUT2D eigenvalue weighted by Crippen LogP contribution is 2.37. The van der Waals surface area contributed by atoms with Crippen molar-refractivity contribution in [1.82, 2.24) is 29.3 Å². The second kappa shape index (κ2) is 10.0. The van der Waals surface area contributed by atoms with E-state index in [1.54, 1.807) is 0 Å². The standard InChI is InChI=1S/C28H34N8O2/c29-28-27-24(25-4-8-31-35(25)21-6-12-37-13-7-21)17-26(36(27)32-19-30-28)20-2-1-3-22(16-20)34-9-5-23(18-34)33-10-14-38-15-11-33/h1-4,8,16-17,19,21,23H,5-7,9-15,18H2,(H2,29,30,32). The smallest absolute Gasteiger partial charge is 0.152 e. The summed E-state index contributed by atoms with van der Waals surface area (Å²) in [6.07, 6.45) is 6.48. The Balaban J connectivity index is 1.24. The van der Waals surface area contributed by atoms with Crippen LogP contribution in [0.25, 0.3) is 28.0 Å². The summed E-state index contributed by atoms with van der Waals surface area (Å²) < 4.78 is 15.2. The number of benzene rings is 1. The summed E-state index contributed by atoms with van der Waals surface area (Å²) in [5.74, 6) is 0.463. The molecule has 10 heteroatoms. The summed E-state index contributed by atoms with van der Waals surface area (Å²) >= 11 is 0. The minimum absolute atomic E-state index is 0.302. The zero-order valence-electron chi connectivity index (χ0n) is 21.6. The molecule has 0 amide bonds. The quantitative estimate of drug-likeness (QED) is 0.434. The van der Waals surface area contributed by atoms with Crippen LogP contribution in [0.5, 0.6) is 0 Å². The van der Waals surface area contributed by atoms with E-state index < -0.39 is 0 Å². The lowest BCUT2D eigenvalue weighted by Crippen LogP contribution is -2.44. The molecule has 0 spiro atoms. The summed E-state index contributed by atoms with van der Waals surface area (Å²) in [5, 5.41) is 9.33. The molecule has 1 atom stereocenters. The SMILES string of the molecule is Nc1ncnn2c(-c3cccc(N4CCC(N5CCOCC5)C4)c3)cc(-c3ccnn3C3CCOCC3)c12. The van der Waals surface area contributed by atoms with Gasteiger partial charge in [-0.3, -0.25) is 9.58 Å². The van der Waals surface area contributed by atoms with Crippen LogP contribution in [-0.2, 0) is 9.47 Å². The second-order valence-electron chi connectivity index (χ2n) is 10.4. The minimum atomic E-state index is 0.302. The third kappa shape index (κ3) is 4.22. The molecule has 3 aliphatic rings. The Kier molecular flexibility index (Phi) is 6.23. The molecular weight excluding hydrogens is 480 g/mol. The van der Waals surface area contributed by atoms with E-state index in [-0.39, 0.29) is 0 Å². The van der Waals surface area contributed by atoms with Crippen LogP contribution in [0.15, 0.2) is 48.9 Å². The van der Waals surface area contributed by atoms with E-state index in [1.165, 1.54) is 18.4 Å². The maximum Gasteiger partial charge on any atom is 0.152 e. The van der Waals surface area contributed by atoms with E-state index in [9.17, 15) is 0 Å². The van der Waals surface area contributed by atoms with Gasteiger partial charge in [0.05, 0.1) is 30.6 Å². The summed E-state index contributed by atoms with van der Waals surface area (Å²) in [6, 6.07) is 13.9. The van der Waals surface area contributed by atoms with Gasteiger partial charge in [-0.2, -0.15) is 10.2 Å². The van der Waals surface area contributed by atoms with Gasteiger partial charge < -0.3 is 20.1 Å². The first kappa shape index (κ1) is 23.6. The molecular formula is C28H34N8O2. The maximum atomic E-state index is 6.46. The molecule has 1 aromatic carbocycles. The van der Waals surface area contributed by atoms with Gasteiger partial charge in [0.1, 0.15) is 11.8 Å². The van der Waals surface area contributed by atoms with Crippen molar-refractivity contribution in [3.8, 4) is 22.5 Å². The van der Waals surface area contributed by atoms with E-state index in [0.717, 1.165) is 93.5 Å². The Bertz CT molecular complexity index is 1420. The van der Waals surface area contributed by atoms with Crippen molar-refractivity contribution in [2.24, 2.45) is 0 Å². The summed E-state index contributed by atoms with van der Waals surface area (Å²) in [6.45, 7) is 7.36. The molecule has 0 aliphatic carbocycles. The number of nitrogen functional groups attached to an aromatic ring is 1. The largest absolute Gasteiger partial charge is 0.382 e. The molecule has 6 heterocycles. The molecule has 2 N–H and O–H groups in total. The van der Waals surface area contributed by atoms with Gasteiger partial charge in [-0.15, -0.1) is 0 Å². The Hall–Kier alpha value is -3.47. The average molecular weight is 515 g/mol. The van der Waals surface area contributed by atoms with E-state index in [4.69, 9.17) is 20.3 Å². The highest BCUT2D eigenvalue weighted by atomic mass is 16.5. The third-order valence-electron chi connectivity index (χ3n) is 8.30. The zero-order chi connectivity index (χ0) is 25.5. The lowest BCUT2D eigenvalue weighted by Gasteiger charge is -2.32. The van der Waals surface area contributed by atoms with Gasteiger partial charge in [0, 0.05) is 68.4 Å². The molecule has 0 bridgehead atoms. The van der Waals surface area contributed by atoms with Crippen molar-refractivity contribution in [2.45, 2.75) is 31.3 Å². The van der Waals surface area contributed by atoms with Crippen LogP contribution >= 0.6 is 0 Å². The fourth-order valence-electron chi connectivity index (χ4n) is 6.30. The third-order valence-corrected chi connectivity index (χ3v) is 8.30. The molecule has 7 rings (SSSR count). The number of ether oxygens (including phenoxy) is 2. The molecule has 3 fully saturated rings. The number of nitrogens with two attached hydrogens (primary N) is 1. The monoisotopic (exact) mass is 514 g/mol. The molecule has 198 valence electrons. The van der Waals surface area contributed by atoms with Gasteiger partial charge in [-0.25, -0.2) is 9.50 Å². The van der Waals surface area contributed by atoms with Gasteiger partial charge in [0.25, 0.3) is 0 Å². The topological polar surface area (TPSA) is 99.0 Å². The molecule has 4 aromatic rings. The summed E-state index contributed by atoms with van der Waals surface area (Å²) in [5.41, 5.74) is 12.6. The van der Waals surface area contributed by atoms with Gasteiger partial charge >= 0.3 is 0 Å². The normalized spacial score (nSPS) is 21.5. The van der Waals surface area contributed by atoms with Gasteiger partial charge in [0.15, 0.2) is 5.82 Å². The van der Waals surface area contributed by atoms with Crippen LogP contribution < -0.4 is 10.6 Å². The van der Waals surface area contributed by atoms with E-state index in [1.807, 2.05) is 10.7 Å². The summed E-state index contributed by atoms with van der Waals surface area (Å²) in [7, 11) is 0. The number of rotatable bonds is 5. The predicted molar refractivity (Wildman–Crippen MR) is 146 cm³/mol. The first-order valence-corrected chi connectivity index (χ1v) is 13.7. The highest BCUT2D eigenvalue weighted by Gasteiger charge is 2.29. The van der Waals surface area contributed by atoms with Crippen LogP contribution in [0.2, 0.25) is 0 Å². The van der Waals surface area contributed by atoms with Crippen molar-refractivity contribution in [3.63, 3.8) is 0 Å². The lowest BCUT2D eigenvalue weighted by molar-refractivity contribution is 0.0209. The van der Waals surface area contributed by atoms with Crippen LogP contribution in [0, 0.1) is 0 Å². The molecule has 0 radical (unpaired) electrons. The second-order valence-corrected chi connectivity index (χ2v) is 10.4. The Morgan fingerprint density at radius 2 is 1.68 bits per heavy atom. The fraction of sp³-hybridized carbons (Fsp3) is 0.464. The number of nitrogens with zero attached hydrogens (tertiary/aromatic N) is 7. The Morgan fingerprint density at radius 3 is 2.55 bits per heavy atom. The van der Waals surface area contributed by atoms with Crippen molar-refractivity contribution < 1.29 is 9.47 Å².